The fraction of sp³-hybridized carbons (Fsp3) is 0.471. The SMILES string of the molecule is CCCC(C)(C)NC(=O)CCN1C(=O)c2ccccc2C1=O. The number of carbonyl (C=O) groups excluding carboxylic acids is 3. The molecule has 0 saturated carbocycles. The normalized spacial score (nSPS) is 14.2. The first-order valence-corrected chi connectivity index (χ1v) is 7.62. The molecule has 1 heterocycles. The molecule has 118 valence electrons. The Balaban J connectivity index is 1.95. The second-order valence-electron chi connectivity index (χ2n) is 6.24. The monoisotopic (exact) mass is 302 g/mol. The lowest BCUT2D eigenvalue weighted by molar-refractivity contribution is -0.122. The Bertz CT molecular complexity index is 573. The highest BCUT2D eigenvalue weighted by Crippen LogP contribution is 2.22. The fourth-order valence-electron chi connectivity index (χ4n) is 2.78. The van der Waals surface area contributed by atoms with Crippen LogP contribution < -0.4 is 5.32 Å². The van der Waals surface area contributed by atoms with Gasteiger partial charge in [0, 0.05) is 18.5 Å². The van der Waals surface area contributed by atoms with Crippen LogP contribution in [0.1, 0.15) is 60.7 Å². The molecule has 5 nitrogen and oxygen atoms in total. The lowest BCUT2D eigenvalue weighted by Crippen LogP contribution is -2.44. The molecule has 2 rings (SSSR count). The number of benzene rings is 1. The van der Waals surface area contributed by atoms with E-state index in [2.05, 4.69) is 12.2 Å². The molecule has 1 aromatic carbocycles. The summed E-state index contributed by atoms with van der Waals surface area (Å²) in [6, 6.07) is 6.74. The predicted octanol–water partition coefficient (Wildman–Crippen LogP) is 2.37. The number of fused-ring (bicyclic) bond motifs is 1. The van der Waals surface area contributed by atoms with Crippen molar-refractivity contribution in [2.45, 2.75) is 45.6 Å². The Kier molecular flexibility index (Phi) is 4.64. The lowest BCUT2D eigenvalue weighted by atomic mass is 9.99. The van der Waals surface area contributed by atoms with Gasteiger partial charge in [0.2, 0.25) is 5.91 Å². The third-order valence-electron chi connectivity index (χ3n) is 3.79. The van der Waals surface area contributed by atoms with Crippen LogP contribution in [-0.2, 0) is 4.79 Å². The number of hydrogen-bond donors (Lipinski definition) is 1. The van der Waals surface area contributed by atoms with E-state index in [1.165, 1.54) is 0 Å². The van der Waals surface area contributed by atoms with Crippen LogP contribution in [0.5, 0.6) is 0 Å². The summed E-state index contributed by atoms with van der Waals surface area (Å²) in [6.07, 6.45) is 1.98. The Morgan fingerprint density at radius 1 is 1.14 bits per heavy atom. The summed E-state index contributed by atoms with van der Waals surface area (Å²) in [5.41, 5.74) is 0.562. The summed E-state index contributed by atoms with van der Waals surface area (Å²) >= 11 is 0. The van der Waals surface area contributed by atoms with Gasteiger partial charge >= 0.3 is 0 Å². The minimum absolute atomic E-state index is 0.111. The molecule has 5 heteroatoms. The summed E-state index contributed by atoms with van der Waals surface area (Å²) < 4.78 is 0. The Morgan fingerprint density at radius 2 is 1.68 bits per heavy atom. The second kappa shape index (κ2) is 6.30. The van der Waals surface area contributed by atoms with Gasteiger partial charge in [-0.25, -0.2) is 0 Å². The zero-order valence-electron chi connectivity index (χ0n) is 13.3. The summed E-state index contributed by atoms with van der Waals surface area (Å²) in [7, 11) is 0. The number of nitrogens with one attached hydrogen (secondary N) is 1. The van der Waals surface area contributed by atoms with Crippen molar-refractivity contribution in [3.8, 4) is 0 Å². The highest BCUT2D eigenvalue weighted by Gasteiger charge is 2.35. The fourth-order valence-corrected chi connectivity index (χ4v) is 2.78. The van der Waals surface area contributed by atoms with E-state index in [4.69, 9.17) is 0 Å². The van der Waals surface area contributed by atoms with Gasteiger partial charge in [0.05, 0.1) is 11.1 Å². The Labute approximate surface area is 130 Å². The smallest absolute Gasteiger partial charge is 0.261 e. The van der Waals surface area contributed by atoms with Crippen molar-refractivity contribution in [1.29, 1.82) is 0 Å². The first kappa shape index (κ1) is 16.2. The molecule has 0 aliphatic carbocycles. The molecule has 1 aromatic rings. The van der Waals surface area contributed by atoms with E-state index in [1.54, 1.807) is 24.3 Å². The molecule has 1 aliphatic heterocycles. The molecule has 0 saturated heterocycles. The molecule has 0 radical (unpaired) electrons. The number of imide groups is 1. The molecule has 0 bridgehead atoms. The molecule has 3 amide bonds. The third kappa shape index (κ3) is 3.35. The van der Waals surface area contributed by atoms with Crippen LogP contribution in [0.15, 0.2) is 24.3 Å². The van der Waals surface area contributed by atoms with Crippen molar-refractivity contribution >= 4 is 17.7 Å². The molecule has 0 unspecified atom stereocenters. The molecule has 0 atom stereocenters. The van der Waals surface area contributed by atoms with Crippen molar-refractivity contribution in [2.24, 2.45) is 0 Å². The van der Waals surface area contributed by atoms with E-state index < -0.39 is 0 Å². The van der Waals surface area contributed by atoms with Crippen molar-refractivity contribution < 1.29 is 14.4 Å². The molecule has 0 spiro atoms. The predicted molar refractivity (Wildman–Crippen MR) is 83.6 cm³/mol. The number of rotatable bonds is 6. The van der Waals surface area contributed by atoms with Gasteiger partial charge in [0.15, 0.2) is 0 Å². The molecular weight excluding hydrogens is 280 g/mol. The quantitative estimate of drug-likeness (QED) is 0.820. The minimum atomic E-state index is -0.318. The average Bonchev–Trinajstić information content (AvgIpc) is 2.69. The lowest BCUT2D eigenvalue weighted by Gasteiger charge is -2.26. The van der Waals surface area contributed by atoms with E-state index in [9.17, 15) is 14.4 Å². The van der Waals surface area contributed by atoms with Gasteiger partial charge in [0.25, 0.3) is 11.8 Å². The van der Waals surface area contributed by atoms with Gasteiger partial charge in [-0.05, 0) is 32.4 Å². The van der Waals surface area contributed by atoms with Gasteiger partial charge in [0.1, 0.15) is 0 Å². The van der Waals surface area contributed by atoms with Crippen molar-refractivity contribution in [2.75, 3.05) is 6.54 Å². The molecule has 0 fully saturated rings. The average molecular weight is 302 g/mol. The zero-order valence-corrected chi connectivity index (χ0v) is 13.3. The molecule has 22 heavy (non-hydrogen) atoms. The van der Waals surface area contributed by atoms with Gasteiger partial charge in [-0.3, -0.25) is 19.3 Å². The van der Waals surface area contributed by atoms with Crippen LogP contribution in [0, 0.1) is 0 Å². The van der Waals surface area contributed by atoms with E-state index in [-0.39, 0.29) is 36.2 Å². The van der Waals surface area contributed by atoms with E-state index >= 15 is 0 Å². The Hall–Kier alpha value is -2.17. The van der Waals surface area contributed by atoms with E-state index in [1.807, 2.05) is 13.8 Å². The number of hydrogen-bond acceptors (Lipinski definition) is 3. The Morgan fingerprint density at radius 3 is 2.18 bits per heavy atom. The topological polar surface area (TPSA) is 66.5 Å². The molecule has 0 aromatic heterocycles. The summed E-state index contributed by atoms with van der Waals surface area (Å²) in [5.74, 6) is -0.780. The number of amides is 3. The van der Waals surface area contributed by atoms with Crippen LogP contribution in [0.4, 0.5) is 0 Å². The molecule has 1 aliphatic rings. The first-order valence-electron chi connectivity index (χ1n) is 7.62. The third-order valence-corrected chi connectivity index (χ3v) is 3.79. The van der Waals surface area contributed by atoms with Crippen molar-refractivity contribution in [3.05, 3.63) is 35.4 Å². The van der Waals surface area contributed by atoms with Crippen molar-refractivity contribution in [3.63, 3.8) is 0 Å². The summed E-state index contributed by atoms with van der Waals surface area (Å²) in [4.78, 5) is 37.5. The maximum atomic E-state index is 12.2. The highest BCUT2D eigenvalue weighted by atomic mass is 16.2. The zero-order chi connectivity index (χ0) is 16.3. The summed E-state index contributed by atoms with van der Waals surface area (Å²) in [5, 5.41) is 2.94. The first-order chi connectivity index (χ1) is 10.4. The van der Waals surface area contributed by atoms with Gasteiger partial charge in [-0.15, -0.1) is 0 Å². The maximum Gasteiger partial charge on any atom is 0.261 e. The van der Waals surface area contributed by atoms with Crippen LogP contribution in [-0.4, -0.2) is 34.7 Å². The standard InChI is InChI=1S/C17H22N2O3/c1-4-10-17(2,3)18-14(20)9-11-19-15(21)12-7-5-6-8-13(12)16(19)22/h5-8H,4,9-11H2,1-3H3,(H,18,20). The van der Waals surface area contributed by atoms with Crippen LogP contribution >= 0.6 is 0 Å². The van der Waals surface area contributed by atoms with E-state index in [0.29, 0.717) is 11.1 Å². The molecule has 1 N–H and O–H groups in total. The van der Waals surface area contributed by atoms with Crippen LogP contribution in [0.3, 0.4) is 0 Å². The summed E-state index contributed by atoms with van der Waals surface area (Å²) in [6.45, 7) is 6.11. The minimum Gasteiger partial charge on any atom is -0.351 e. The van der Waals surface area contributed by atoms with Crippen LogP contribution in [0.25, 0.3) is 0 Å². The van der Waals surface area contributed by atoms with Gasteiger partial charge in [-0.2, -0.15) is 0 Å². The second-order valence-corrected chi connectivity index (χ2v) is 6.24. The molecular formula is C17H22N2O3. The largest absolute Gasteiger partial charge is 0.351 e. The number of carbonyl (C=O) groups is 3. The van der Waals surface area contributed by atoms with Crippen molar-refractivity contribution in [1.82, 2.24) is 10.2 Å². The van der Waals surface area contributed by atoms with Gasteiger partial charge < -0.3 is 5.32 Å². The number of nitrogens with zero attached hydrogens (tertiary/aromatic N) is 1. The van der Waals surface area contributed by atoms with Crippen LogP contribution in [0.2, 0.25) is 0 Å². The van der Waals surface area contributed by atoms with E-state index in [0.717, 1.165) is 17.7 Å². The highest BCUT2D eigenvalue weighted by molar-refractivity contribution is 6.21. The maximum absolute atomic E-state index is 12.2. The van der Waals surface area contributed by atoms with Gasteiger partial charge in [-0.1, -0.05) is 25.5 Å².